The lowest BCUT2D eigenvalue weighted by Gasteiger charge is -2.35. The van der Waals surface area contributed by atoms with E-state index >= 15 is 0 Å². The Balaban J connectivity index is 1.48. The third kappa shape index (κ3) is 3.84. The highest BCUT2D eigenvalue weighted by Crippen LogP contribution is 2.33. The molecule has 32 heavy (non-hydrogen) atoms. The van der Waals surface area contributed by atoms with Gasteiger partial charge in [0.25, 0.3) is 5.91 Å². The van der Waals surface area contributed by atoms with Gasteiger partial charge in [-0.25, -0.2) is 9.50 Å². The summed E-state index contributed by atoms with van der Waals surface area (Å²) in [5.74, 6) is 0.991. The molecule has 5 rings (SSSR count). The van der Waals surface area contributed by atoms with Gasteiger partial charge in [0.05, 0.1) is 11.7 Å². The maximum absolute atomic E-state index is 13.5. The van der Waals surface area contributed by atoms with Gasteiger partial charge in [-0.1, -0.05) is 17.7 Å². The number of anilines is 1. The maximum Gasteiger partial charge on any atom is 0.254 e. The molecule has 1 amide bonds. The number of piperidine rings is 1. The molecule has 2 aliphatic heterocycles. The molecule has 2 atom stereocenters. The lowest BCUT2D eigenvalue weighted by Crippen LogP contribution is -2.39. The van der Waals surface area contributed by atoms with Crippen molar-refractivity contribution in [1.29, 1.82) is 0 Å². The van der Waals surface area contributed by atoms with Crippen LogP contribution < -0.4 is 10.6 Å². The first kappa shape index (κ1) is 21.2. The molecule has 168 valence electrons. The zero-order valence-electron chi connectivity index (χ0n) is 18.6. The van der Waals surface area contributed by atoms with E-state index in [9.17, 15) is 4.79 Å². The molecule has 0 aliphatic carbocycles. The third-order valence-corrected chi connectivity index (χ3v) is 6.92. The van der Waals surface area contributed by atoms with E-state index in [0.717, 1.165) is 67.1 Å². The van der Waals surface area contributed by atoms with E-state index in [1.54, 1.807) is 6.07 Å². The Morgan fingerprint density at radius 1 is 1.12 bits per heavy atom. The van der Waals surface area contributed by atoms with Crippen LogP contribution in [0.3, 0.4) is 0 Å². The first-order valence-corrected chi connectivity index (χ1v) is 11.7. The lowest BCUT2D eigenvalue weighted by atomic mass is 9.97. The first-order valence-electron chi connectivity index (χ1n) is 11.4. The molecule has 0 bridgehead atoms. The molecule has 0 spiro atoms. The Morgan fingerprint density at radius 3 is 2.75 bits per heavy atom. The minimum Gasteiger partial charge on any atom is -0.355 e. The van der Waals surface area contributed by atoms with Crippen LogP contribution in [-0.2, 0) is 0 Å². The van der Waals surface area contributed by atoms with Crippen molar-refractivity contribution in [2.45, 2.75) is 51.6 Å². The minimum absolute atomic E-state index is 0.0163. The predicted octanol–water partition coefficient (Wildman–Crippen LogP) is 3.90. The summed E-state index contributed by atoms with van der Waals surface area (Å²) in [6, 6.07) is 7.65. The van der Waals surface area contributed by atoms with E-state index in [1.165, 1.54) is 0 Å². The van der Waals surface area contributed by atoms with Crippen molar-refractivity contribution >= 4 is 29.0 Å². The smallest absolute Gasteiger partial charge is 0.254 e. The average Bonchev–Trinajstić information content (AvgIpc) is 3.40. The summed E-state index contributed by atoms with van der Waals surface area (Å²) < 4.78 is 1.84. The Morgan fingerprint density at radius 2 is 1.97 bits per heavy atom. The van der Waals surface area contributed by atoms with Crippen molar-refractivity contribution in [3.63, 3.8) is 0 Å². The van der Waals surface area contributed by atoms with E-state index in [0.29, 0.717) is 17.1 Å². The number of aryl methyl sites for hydroxylation is 2. The van der Waals surface area contributed by atoms with Gasteiger partial charge >= 0.3 is 0 Å². The molecular formula is C24H29ClN6O. The number of hydrogen-bond acceptors (Lipinski definition) is 5. The number of carbonyl (C=O) groups excluding carboxylic acids is 1. The molecule has 1 aromatic carbocycles. The molecule has 2 N–H and O–H groups in total. The summed E-state index contributed by atoms with van der Waals surface area (Å²) >= 11 is 6.19. The second-order valence-electron chi connectivity index (χ2n) is 9.08. The van der Waals surface area contributed by atoms with Crippen LogP contribution in [0.15, 0.2) is 30.5 Å². The van der Waals surface area contributed by atoms with Crippen molar-refractivity contribution in [3.05, 3.63) is 57.9 Å². The predicted molar refractivity (Wildman–Crippen MR) is 126 cm³/mol. The molecule has 2 saturated heterocycles. The van der Waals surface area contributed by atoms with Gasteiger partial charge in [-0.3, -0.25) is 4.79 Å². The number of aromatic nitrogens is 3. The number of hydrogen-bond donors (Lipinski definition) is 1. The highest BCUT2D eigenvalue weighted by molar-refractivity contribution is 6.31. The minimum atomic E-state index is -0.0692. The quantitative estimate of drug-likeness (QED) is 0.651. The fraction of sp³-hybridized carbons (Fsp3) is 0.458. The van der Waals surface area contributed by atoms with Crippen LogP contribution in [0.2, 0.25) is 5.02 Å². The van der Waals surface area contributed by atoms with Gasteiger partial charge in [0.15, 0.2) is 5.65 Å². The molecule has 3 aromatic rings. The second kappa shape index (κ2) is 8.37. The van der Waals surface area contributed by atoms with E-state index in [4.69, 9.17) is 27.4 Å². The SMILES string of the molecule is Cc1ccc(Cl)cc1C(=O)N1CCCC[C@H]1c1cc2nc(N3CC[C@H](N)C3)c(C)cn2n1. The molecular weight excluding hydrogens is 424 g/mol. The van der Waals surface area contributed by atoms with Gasteiger partial charge in [-0.15, -0.1) is 0 Å². The van der Waals surface area contributed by atoms with Crippen LogP contribution in [0.5, 0.6) is 0 Å². The van der Waals surface area contributed by atoms with E-state index in [-0.39, 0.29) is 18.0 Å². The number of benzene rings is 1. The van der Waals surface area contributed by atoms with Gasteiger partial charge in [0.1, 0.15) is 5.82 Å². The fourth-order valence-electron chi connectivity index (χ4n) is 4.94. The summed E-state index contributed by atoms with van der Waals surface area (Å²) in [5.41, 5.74) is 10.5. The van der Waals surface area contributed by atoms with Gasteiger partial charge in [-0.2, -0.15) is 5.10 Å². The zero-order chi connectivity index (χ0) is 22.4. The summed E-state index contributed by atoms with van der Waals surface area (Å²) in [4.78, 5) is 22.6. The molecule has 0 radical (unpaired) electrons. The fourth-order valence-corrected chi connectivity index (χ4v) is 5.12. The van der Waals surface area contributed by atoms with Crippen molar-refractivity contribution in [2.75, 3.05) is 24.5 Å². The Hall–Kier alpha value is -2.64. The Bertz CT molecular complexity index is 1170. The van der Waals surface area contributed by atoms with Crippen molar-refractivity contribution in [2.24, 2.45) is 5.73 Å². The highest BCUT2D eigenvalue weighted by atomic mass is 35.5. The van der Waals surface area contributed by atoms with Crippen LogP contribution in [0.25, 0.3) is 5.65 Å². The first-order chi connectivity index (χ1) is 15.4. The molecule has 0 unspecified atom stereocenters. The van der Waals surface area contributed by atoms with Crippen molar-refractivity contribution in [3.8, 4) is 0 Å². The Kier molecular flexibility index (Phi) is 5.55. The molecule has 4 heterocycles. The maximum atomic E-state index is 13.5. The third-order valence-electron chi connectivity index (χ3n) is 6.68. The number of fused-ring (bicyclic) bond motifs is 1. The lowest BCUT2D eigenvalue weighted by molar-refractivity contribution is 0.0605. The number of amides is 1. The number of nitrogens with zero attached hydrogens (tertiary/aromatic N) is 5. The molecule has 2 fully saturated rings. The van der Waals surface area contributed by atoms with Gasteiger partial charge in [0.2, 0.25) is 0 Å². The van der Waals surface area contributed by atoms with Crippen LogP contribution in [-0.4, -0.2) is 51.1 Å². The monoisotopic (exact) mass is 452 g/mol. The topological polar surface area (TPSA) is 79.8 Å². The van der Waals surface area contributed by atoms with Gasteiger partial charge in [-0.05, 0) is 57.2 Å². The summed E-state index contributed by atoms with van der Waals surface area (Å²) in [6.07, 6.45) is 5.97. The molecule has 2 aromatic heterocycles. The summed E-state index contributed by atoms with van der Waals surface area (Å²) in [7, 11) is 0. The van der Waals surface area contributed by atoms with Gasteiger partial charge < -0.3 is 15.5 Å². The van der Waals surface area contributed by atoms with Gasteiger partial charge in [0, 0.05) is 54.1 Å². The van der Waals surface area contributed by atoms with Crippen molar-refractivity contribution < 1.29 is 4.79 Å². The molecule has 8 heteroatoms. The summed E-state index contributed by atoms with van der Waals surface area (Å²) in [6.45, 7) is 6.48. The molecule has 0 saturated carbocycles. The van der Waals surface area contributed by atoms with Crippen LogP contribution in [0.1, 0.15) is 58.9 Å². The van der Waals surface area contributed by atoms with Crippen molar-refractivity contribution in [1.82, 2.24) is 19.5 Å². The second-order valence-corrected chi connectivity index (χ2v) is 9.52. The van der Waals surface area contributed by atoms with E-state index in [1.807, 2.05) is 40.7 Å². The van der Waals surface area contributed by atoms with E-state index < -0.39 is 0 Å². The average molecular weight is 453 g/mol. The number of halogens is 1. The number of carbonyl (C=O) groups is 1. The molecule has 7 nitrogen and oxygen atoms in total. The normalized spacial score (nSPS) is 21.5. The number of nitrogens with two attached hydrogens (primary N) is 1. The largest absolute Gasteiger partial charge is 0.355 e. The van der Waals surface area contributed by atoms with E-state index in [2.05, 4.69) is 11.8 Å². The summed E-state index contributed by atoms with van der Waals surface area (Å²) in [5, 5.41) is 5.42. The van der Waals surface area contributed by atoms with Crippen LogP contribution in [0.4, 0.5) is 5.82 Å². The number of likely N-dealkylation sites (tertiary alicyclic amines) is 1. The van der Waals surface area contributed by atoms with Crippen LogP contribution in [0, 0.1) is 13.8 Å². The molecule has 2 aliphatic rings. The highest BCUT2D eigenvalue weighted by Gasteiger charge is 2.32. The van der Waals surface area contributed by atoms with Crippen LogP contribution >= 0.6 is 11.6 Å². The number of rotatable bonds is 3. The Labute approximate surface area is 193 Å². The zero-order valence-corrected chi connectivity index (χ0v) is 19.3. The standard InChI is InChI=1S/C24H29ClN6O/c1-15-6-7-17(25)11-19(15)24(32)30-9-4-3-5-21(30)20-12-22-27-23(16(2)13-31(22)28-20)29-10-8-18(26)14-29/h6-7,11-13,18,21H,3-5,8-10,14,26H2,1-2H3/t18-,21-/m0/s1.